The number of carbonyl (C=O) groups excluding carboxylic acids is 2. The van der Waals surface area contributed by atoms with Gasteiger partial charge in [0.2, 0.25) is 0 Å². The number of aromatic amines is 1. The number of H-pyrrole nitrogens is 1. The summed E-state index contributed by atoms with van der Waals surface area (Å²) in [5, 5.41) is 0. The van der Waals surface area contributed by atoms with Crippen LogP contribution in [0.2, 0.25) is 0 Å². The van der Waals surface area contributed by atoms with Crippen molar-refractivity contribution in [2.45, 2.75) is 58.4 Å². The van der Waals surface area contributed by atoms with Gasteiger partial charge < -0.3 is 14.6 Å². The predicted molar refractivity (Wildman–Crippen MR) is 94.6 cm³/mol. The van der Waals surface area contributed by atoms with Crippen LogP contribution in [0.1, 0.15) is 71.1 Å². The van der Waals surface area contributed by atoms with E-state index in [0.717, 1.165) is 42.5 Å². The molecule has 0 aromatic carbocycles. The quantitative estimate of drug-likeness (QED) is 0.856. The van der Waals surface area contributed by atoms with Crippen LogP contribution in [0, 0.1) is 24.7 Å². The van der Waals surface area contributed by atoms with Gasteiger partial charge in [-0.05, 0) is 68.8 Å². The zero-order valence-electron chi connectivity index (χ0n) is 15.4. The fourth-order valence-corrected chi connectivity index (χ4v) is 5.69. The third kappa shape index (κ3) is 2.68. The van der Waals surface area contributed by atoms with Crippen LogP contribution in [0.25, 0.3) is 0 Å². The van der Waals surface area contributed by atoms with Gasteiger partial charge in [-0.3, -0.25) is 4.79 Å². The molecule has 2 saturated carbocycles. The van der Waals surface area contributed by atoms with Gasteiger partial charge in [-0.1, -0.05) is 6.92 Å². The number of aryl methyl sites for hydroxylation is 1. The molecule has 0 radical (unpaired) electrons. The SMILES string of the molecule is CCc1[nH]c(C(=O)N2CC3CC4CC(C3)CC2C4)c(C)c1C(=O)OC. The molecule has 2 atom stereocenters. The highest BCUT2D eigenvalue weighted by Gasteiger charge is 2.44. The van der Waals surface area contributed by atoms with E-state index in [1.807, 2.05) is 13.8 Å². The van der Waals surface area contributed by atoms with Gasteiger partial charge in [-0.25, -0.2) is 4.79 Å². The van der Waals surface area contributed by atoms with Crippen LogP contribution in [0.15, 0.2) is 0 Å². The maximum absolute atomic E-state index is 13.4. The molecule has 5 rings (SSSR count). The number of methoxy groups -OCH3 is 1. The Hall–Kier alpha value is -1.78. The number of amides is 1. The topological polar surface area (TPSA) is 62.4 Å². The lowest BCUT2D eigenvalue weighted by Gasteiger charge is -2.38. The van der Waals surface area contributed by atoms with E-state index < -0.39 is 0 Å². The van der Waals surface area contributed by atoms with Crippen molar-refractivity contribution in [2.24, 2.45) is 17.8 Å². The molecule has 5 nitrogen and oxygen atoms in total. The van der Waals surface area contributed by atoms with Crippen LogP contribution in [0.5, 0.6) is 0 Å². The van der Waals surface area contributed by atoms with E-state index >= 15 is 0 Å². The van der Waals surface area contributed by atoms with Gasteiger partial charge in [0.25, 0.3) is 5.91 Å². The molecule has 2 aliphatic heterocycles. The molecule has 4 bridgehead atoms. The van der Waals surface area contributed by atoms with E-state index in [1.165, 1.54) is 26.4 Å². The monoisotopic (exact) mass is 344 g/mol. The summed E-state index contributed by atoms with van der Waals surface area (Å²) in [5.74, 6) is 1.98. The largest absolute Gasteiger partial charge is 0.465 e. The number of hydrogen-bond acceptors (Lipinski definition) is 3. The Morgan fingerprint density at radius 2 is 1.76 bits per heavy atom. The van der Waals surface area contributed by atoms with Crippen LogP contribution < -0.4 is 0 Å². The molecule has 2 saturated heterocycles. The number of rotatable bonds is 3. The molecular formula is C20H28N2O3. The number of aromatic nitrogens is 1. The van der Waals surface area contributed by atoms with Crippen molar-refractivity contribution in [3.05, 3.63) is 22.5 Å². The number of nitrogens with zero attached hydrogens (tertiary/aromatic N) is 1. The van der Waals surface area contributed by atoms with Crippen molar-refractivity contribution in [1.29, 1.82) is 0 Å². The predicted octanol–water partition coefficient (Wildman–Crippen LogP) is 3.32. The van der Waals surface area contributed by atoms with Crippen molar-refractivity contribution in [2.75, 3.05) is 13.7 Å². The van der Waals surface area contributed by atoms with Gasteiger partial charge in [0, 0.05) is 18.3 Å². The fraction of sp³-hybridized carbons (Fsp3) is 0.700. The summed E-state index contributed by atoms with van der Waals surface area (Å²) in [7, 11) is 1.39. The zero-order chi connectivity index (χ0) is 17.7. The molecule has 0 spiro atoms. The zero-order valence-corrected chi connectivity index (χ0v) is 15.4. The summed E-state index contributed by atoms with van der Waals surface area (Å²) in [5.41, 5.74) is 2.65. The lowest BCUT2D eigenvalue weighted by Crippen LogP contribution is -2.42. The minimum Gasteiger partial charge on any atom is -0.465 e. The van der Waals surface area contributed by atoms with Crippen molar-refractivity contribution in [1.82, 2.24) is 9.88 Å². The van der Waals surface area contributed by atoms with Gasteiger partial charge in [-0.2, -0.15) is 0 Å². The molecule has 2 aliphatic carbocycles. The van der Waals surface area contributed by atoms with E-state index in [-0.39, 0.29) is 11.9 Å². The third-order valence-corrected chi connectivity index (χ3v) is 6.65. The van der Waals surface area contributed by atoms with Crippen LogP contribution in [0.4, 0.5) is 0 Å². The molecule has 4 fully saturated rings. The lowest BCUT2D eigenvalue weighted by molar-refractivity contribution is 0.0598. The number of hydrogen-bond donors (Lipinski definition) is 1. The van der Waals surface area contributed by atoms with Crippen LogP contribution in [-0.4, -0.2) is 41.5 Å². The standard InChI is InChI=1S/C20H28N2O3/c1-4-16-17(20(24)25-3)11(2)18(21-16)19(23)22-10-14-6-12-5-13(7-14)9-15(22)8-12/h12-15,21H,4-10H2,1-3H3. The second-order valence-electron chi connectivity index (χ2n) is 8.21. The summed E-state index contributed by atoms with van der Waals surface area (Å²) in [6, 6.07) is 0.373. The molecule has 1 N–H and O–H groups in total. The molecular weight excluding hydrogens is 316 g/mol. The molecule has 1 aromatic heterocycles. The second-order valence-corrected chi connectivity index (χ2v) is 8.21. The number of carbonyl (C=O) groups is 2. The van der Waals surface area contributed by atoms with Gasteiger partial charge in [-0.15, -0.1) is 0 Å². The summed E-state index contributed by atoms with van der Waals surface area (Å²) in [6.07, 6.45) is 6.92. The number of nitrogens with one attached hydrogen (secondary N) is 1. The summed E-state index contributed by atoms with van der Waals surface area (Å²) in [6.45, 7) is 4.72. The molecule has 1 amide bonds. The molecule has 1 aromatic rings. The summed E-state index contributed by atoms with van der Waals surface area (Å²) in [4.78, 5) is 30.9. The Labute approximate surface area is 149 Å². The molecule has 5 heteroatoms. The molecule has 136 valence electrons. The Kier molecular flexibility index (Phi) is 4.13. The van der Waals surface area contributed by atoms with Crippen molar-refractivity contribution >= 4 is 11.9 Å². The van der Waals surface area contributed by atoms with Crippen molar-refractivity contribution in [3.63, 3.8) is 0 Å². The highest BCUT2D eigenvalue weighted by Crippen LogP contribution is 2.47. The summed E-state index contributed by atoms with van der Waals surface area (Å²) >= 11 is 0. The molecule has 4 aliphatic rings. The molecule has 2 unspecified atom stereocenters. The van der Waals surface area contributed by atoms with Crippen molar-refractivity contribution in [3.8, 4) is 0 Å². The van der Waals surface area contributed by atoms with Crippen LogP contribution >= 0.6 is 0 Å². The Balaban J connectivity index is 1.67. The van der Waals surface area contributed by atoms with Crippen LogP contribution in [0.3, 0.4) is 0 Å². The highest BCUT2D eigenvalue weighted by molar-refractivity contribution is 6.00. The van der Waals surface area contributed by atoms with E-state index in [0.29, 0.717) is 29.6 Å². The highest BCUT2D eigenvalue weighted by atomic mass is 16.5. The first-order valence-corrected chi connectivity index (χ1v) is 9.62. The maximum Gasteiger partial charge on any atom is 0.339 e. The Morgan fingerprint density at radius 3 is 2.36 bits per heavy atom. The fourth-order valence-electron chi connectivity index (χ4n) is 5.69. The van der Waals surface area contributed by atoms with Crippen LogP contribution in [-0.2, 0) is 11.2 Å². The van der Waals surface area contributed by atoms with E-state index in [2.05, 4.69) is 9.88 Å². The average molecular weight is 344 g/mol. The van der Waals surface area contributed by atoms with Gasteiger partial charge in [0.15, 0.2) is 0 Å². The van der Waals surface area contributed by atoms with E-state index in [1.54, 1.807) is 0 Å². The second kappa shape index (κ2) is 6.19. The van der Waals surface area contributed by atoms with Crippen molar-refractivity contribution < 1.29 is 14.3 Å². The molecule has 3 heterocycles. The first-order valence-electron chi connectivity index (χ1n) is 9.62. The first-order chi connectivity index (χ1) is 12.0. The van der Waals surface area contributed by atoms with E-state index in [9.17, 15) is 9.59 Å². The Morgan fingerprint density at radius 1 is 1.12 bits per heavy atom. The molecule has 25 heavy (non-hydrogen) atoms. The van der Waals surface area contributed by atoms with E-state index in [4.69, 9.17) is 4.74 Å². The Bertz CT molecular complexity index is 694. The first kappa shape index (κ1) is 16.7. The normalized spacial score (nSPS) is 30.4. The van der Waals surface area contributed by atoms with Gasteiger partial charge >= 0.3 is 5.97 Å². The van der Waals surface area contributed by atoms with Gasteiger partial charge in [0.1, 0.15) is 5.69 Å². The third-order valence-electron chi connectivity index (χ3n) is 6.65. The average Bonchev–Trinajstić information content (AvgIpc) is 2.81. The lowest BCUT2D eigenvalue weighted by atomic mass is 9.68. The number of ether oxygens (including phenoxy) is 1. The number of esters is 1. The minimum absolute atomic E-state index is 0.0700. The maximum atomic E-state index is 13.4. The van der Waals surface area contributed by atoms with Gasteiger partial charge in [0.05, 0.1) is 12.7 Å². The minimum atomic E-state index is -0.361. The summed E-state index contributed by atoms with van der Waals surface area (Å²) < 4.78 is 4.92. The number of fused-ring (bicyclic) bond motifs is 1. The smallest absolute Gasteiger partial charge is 0.339 e.